The van der Waals surface area contributed by atoms with Gasteiger partial charge in [-0.05, 0) is 19.8 Å². The van der Waals surface area contributed by atoms with Crippen LogP contribution in [0.4, 0.5) is 14.6 Å². The van der Waals surface area contributed by atoms with Gasteiger partial charge in [0.2, 0.25) is 0 Å². The molecule has 1 saturated heterocycles. The number of hydrogen-bond acceptors (Lipinski definition) is 4. The molecular formula is C20H30F2N4O. The van der Waals surface area contributed by atoms with Gasteiger partial charge in [0.1, 0.15) is 11.6 Å². The Hall–Kier alpha value is -1.79. The molecule has 2 fully saturated rings. The van der Waals surface area contributed by atoms with Crippen LogP contribution in [0.1, 0.15) is 64.9 Å². The van der Waals surface area contributed by atoms with Crippen molar-refractivity contribution in [3.63, 3.8) is 0 Å². The van der Waals surface area contributed by atoms with E-state index in [-0.39, 0.29) is 29.3 Å². The summed E-state index contributed by atoms with van der Waals surface area (Å²) in [4.78, 5) is 23.4. The number of hydrogen-bond donors (Lipinski definition) is 1. The highest BCUT2D eigenvalue weighted by Crippen LogP contribution is 2.53. The molecule has 1 aliphatic heterocycles. The minimum atomic E-state index is -3.36. The number of fused-ring (bicyclic) bond motifs is 1. The maximum absolute atomic E-state index is 13.4. The van der Waals surface area contributed by atoms with Gasteiger partial charge in [0.15, 0.2) is 0 Å². The Bertz CT molecular complexity index is 729. The third-order valence-electron chi connectivity index (χ3n) is 6.02. The highest BCUT2D eigenvalue weighted by Gasteiger charge is 2.61. The van der Waals surface area contributed by atoms with Gasteiger partial charge in [-0.1, -0.05) is 27.7 Å². The topological polar surface area (TPSA) is 58.1 Å². The SMILES string of the molecule is Cc1cc(N2CCCC3C(NC(=O)C(C)(F)F)C(C)(C)C32)nc(C(C)C)n1. The Kier molecular flexibility index (Phi) is 4.93. The van der Waals surface area contributed by atoms with Gasteiger partial charge in [-0.3, -0.25) is 4.79 Å². The Balaban J connectivity index is 1.87. The van der Waals surface area contributed by atoms with Crippen molar-refractivity contribution in [2.24, 2.45) is 11.3 Å². The second kappa shape index (κ2) is 6.67. The smallest absolute Gasteiger partial charge is 0.321 e. The van der Waals surface area contributed by atoms with Gasteiger partial charge in [0, 0.05) is 54.6 Å². The molecule has 3 atom stereocenters. The van der Waals surface area contributed by atoms with E-state index in [4.69, 9.17) is 4.98 Å². The lowest BCUT2D eigenvalue weighted by atomic mass is 9.52. The predicted octanol–water partition coefficient (Wildman–Crippen LogP) is 3.67. The summed E-state index contributed by atoms with van der Waals surface area (Å²) >= 11 is 0. The van der Waals surface area contributed by atoms with Gasteiger partial charge < -0.3 is 10.2 Å². The summed E-state index contributed by atoms with van der Waals surface area (Å²) in [5.74, 6) is -2.43. The molecule has 1 aromatic rings. The number of alkyl halides is 2. The average molecular weight is 380 g/mol. The number of nitrogens with one attached hydrogen (secondary N) is 1. The van der Waals surface area contributed by atoms with Crippen molar-refractivity contribution in [3.05, 3.63) is 17.6 Å². The molecule has 3 unspecified atom stereocenters. The molecule has 2 aliphatic rings. The summed E-state index contributed by atoms with van der Waals surface area (Å²) in [6, 6.07) is 1.91. The van der Waals surface area contributed by atoms with Gasteiger partial charge in [0.25, 0.3) is 5.91 Å². The second-order valence-corrected chi connectivity index (χ2v) is 8.99. The van der Waals surface area contributed by atoms with Crippen LogP contribution in [0.3, 0.4) is 0 Å². The number of halogens is 2. The van der Waals surface area contributed by atoms with Crippen molar-refractivity contribution >= 4 is 11.7 Å². The summed E-state index contributed by atoms with van der Waals surface area (Å²) in [6.07, 6.45) is 1.87. The van der Waals surface area contributed by atoms with E-state index >= 15 is 0 Å². The number of aromatic nitrogens is 2. The zero-order chi connectivity index (χ0) is 20.1. The Morgan fingerprint density at radius 3 is 2.63 bits per heavy atom. The molecule has 7 heteroatoms. The molecule has 0 spiro atoms. The van der Waals surface area contributed by atoms with Crippen LogP contribution in [0.2, 0.25) is 0 Å². The summed E-state index contributed by atoms with van der Waals surface area (Å²) in [6.45, 7) is 11.7. The lowest BCUT2D eigenvalue weighted by molar-refractivity contribution is -0.149. The number of rotatable bonds is 4. The van der Waals surface area contributed by atoms with Gasteiger partial charge in [-0.15, -0.1) is 0 Å². The van der Waals surface area contributed by atoms with Crippen LogP contribution in [0.15, 0.2) is 6.07 Å². The number of piperidine rings is 1. The van der Waals surface area contributed by atoms with E-state index in [1.807, 2.05) is 26.8 Å². The van der Waals surface area contributed by atoms with Crippen molar-refractivity contribution < 1.29 is 13.6 Å². The summed E-state index contributed by atoms with van der Waals surface area (Å²) in [7, 11) is 0. The number of amides is 1. The van der Waals surface area contributed by atoms with Gasteiger partial charge >= 0.3 is 5.92 Å². The molecule has 1 aliphatic carbocycles. The first-order chi connectivity index (χ1) is 12.4. The maximum Gasteiger partial charge on any atom is 0.321 e. The molecule has 0 bridgehead atoms. The summed E-state index contributed by atoms with van der Waals surface area (Å²) in [5, 5.41) is 2.61. The van der Waals surface area contributed by atoms with Crippen molar-refractivity contribution in [3.8, 4) is 0 Å². The molecule has 150 valence electrons. The normalized spacial score (nSPS) is 27.1. The average Bonchev–Trinajstić information content (AvgIpc) is 2.57. The molecule has 27 heavy (non-hydrogen) atoms. The number of aryl methyl sites for hydroxylation is 1. The zero-order valence-electron chi connectivity index (χ0n) is 17.0. The van der Waals surface area contributed by atoms with Crippen molar-refractivity contribution in [1.82, 2.24) is 15.3 Å². The first-order valence-electron chi connectivity index (χ1n) is 9.74. The molecular weight excluding hydrogens is 350 g/mol. The van der Waals surface area contributed by atoms with Crippen LogP contribution in [0, 0.1) is 18.3 Å². The molecule has 1 aromatic heterocycles. The van der Waals surface area contributed by atoms with Gasteiger partial charge in [-0.25, -0.2) is 9.97 Å². The lowest BCUT2D eigenvalue weighted by Crippen LogP contribution is -2.75. The highest BCUT2D eigenvalue weighted by molar-refractivity contribution is 5.83. The zero-order valence-corrected chi connectivity index (χ0v) is 17.0. The van der Waals surface area contributed by atoms with E-state index in [0.717, 1.165) is 36.7 Å². The fraction of sp³-hybridized carbons (Fsp3) is 0.750. The Morgan fingerprint density at radius 2 is 2.04 bits per heavy atom. The Morgan fingerprint density at radius 1 is 1.37 bits per heavy atom. The van der Waals surface area contributed by atoms with E-state index in [9.17, 15) is 13.6 Å². The monoisotopic (exact) mass is 380 g/mol. The third kappa shape index (κ3) is 3.52. The van der Waals surface area contributed by atoms with E-state index in [0.29, 0.717) is 6.92 Å². The summed E-state index contributed by atoms with van der Waals surface area (Å²) in [5.41, 5.74) is 0.612. The van der Waals surface area contributed by atoms with Crippen molar-refractivity contribution in [2.45, 2.75) is 78.3 Å². The third-order valence-corrected chi connectivity index (χ3v) is 6.02. The quantitative estimate of drug-likeness (QED) is 0.866. The molecule has 1 amide bonds. The molecule has 2 heterocycles. The van der Waals surface area contributed by atoms with E-state index in [1.54, 1.807) is 0 Å². The van der Waals surface area contributed by atoms with Crippen molar-refractivity contribution in [1.29, 1.82) is 0 Å². The summed E-state index contributed by atoms with van der Waals surface area (Å²) < 4.78 is 26.8. The fourth-order valence-corrected chi connectivity index (χ4v) is 4.74. The van der Waals surface area contributed by atoms with E-state index in [2.05, 4.69) is 29.0 Å². The second-order valence-electron chi connectivity index (χ2n) is 8.99. The van der Waals surface area contributed by atoms with E-state index in [1.165, 1.54) is 0 Å². The maximum atomic E-state index is 13.4. The first kappa shape index (κ1) is 20.0. The minimum Gasteiger partial charge on any atom is -0.353 e. The van der Waals surface area contributed by atoms with E-state index < -0.39 is 11.8 Å². The molecule has 3 rings (SSSR count). The standard InChI is InChI=1S/C20H30F2N4O/c1-11(2)17-23-12(3)10-14(24-17)26-9-7-8-13-15(19(4,5)16(13)26)25-18(27)20(6,21)22/h10-11,13,15-16H,7-9H2,1-6H3,(H,25,27). The minimum absolute atomic E-state index is 0.151. The lowest BCUT2D eigenvalue weighted by Gasteiger charge is -2.64. The molecule has 5 nitrogen and oxygen atoms in total. The number of carbonyl (C=O) groups excluding carboxylic acids is 1. The van der Waals surface area contributed by atoms with Crippen LogP contribution in [-0.2, 0) is 4.79 Å². The first-order valence-corrected chi connectivity index (χ1v) is 9.74. The fourth-order valence-electron chi connectivity index (χ4n) is 4.74. The van der Waals surface area contributed by atoms with Gasteiger partial charge in [0.05, 0.1) is 0 Å². The van der Waals surface area contributed by atoms with Crippen LogP contribution < -0.4 is 10.2 Å². The van der Waals surface area contributed by atoms with Crippen LogP contribution >= 0.6 is 0 Å². The molecule has 0 radical (unpaired) electrons. The van der Waals surface area contributed by atoms with Crippen molar-refractivity contribution in [2.75, 3.05) is 11.4 Å². The Labute approximate surface area is 160 Å². The number of anilines is 1. The van der Waals surface area contributed by atoms with Crippen LogP contribution in [0.5, 0.6) is 0 Å². The van der Waals surface area contributed by atoms with Crippen LogP contribution in [-0.4, -0.2) is 40.4 Å². The predicted molar refractivity (Wildman–Crippen MR) is 101 cm³/mol. The largest absolute Gasteiger partial charge is 0.353 e. The van der Waals surface area contributed by atoms with Crippen LogP contribution in [0.25, 0.3) is 0 Å². The molecule has 1 saturated carbocycles. The van der Waals surface area contributed by atoms with Gasteiger partial charge in [-0.2, -0.15) is 8.78 Å². The molecule has 1 N–H and O–H groups in total. The number of nitrogens with zero attached hydrogens (tertiary/aromatic N) is 3. The number of carbonyl (C=O) groups is 1. The highest BCUT2D eigenvalue weighted by atomic mass is 19.3. The molecule has 0 aromatic carbocycles.